The number of nitrogens with one attached hydrogen (secondary N) is 1. The number of likely N-dealkylation sites (tertiary alicyclic amines) is 1. The van der Waals surface area contributed by atoms with Gasteiger partial charge in [0, 0.05) is 24.6 Å². The third kappa shape index (κ3) is 4.23. The van der Waals surface area contributed by atoms with Gasteiger partial charge in [-0.25, -0.2) is 9.48 Å². The number of amides is 1. The minimum absolute atomic E-state index is 0.0224. The van der Waals surface area contributed by atoms with Gasteiger partial charge < -0.3 is 9.64 Å². The SMILES string of the molecule is COc1ccc(C(=O)N2CCC(c3nn(Cc4ccccc4)c(=O)[nH]3)CC2)cc1. The van der Waals surface area contributed by atoms with Gasteiger partial charge in [-0.2, -0.15) is 5.10 Å². The molecule has 0 saturated carbocycles. The molecular formula is C22H24N4O3. The molecule has 7 nitrogen and oxygen atoms in total. The van der Waals surface area contributed by atoms with Crippen molar-refractivity contribution in [2.24, 2.45) is 0 Å². The zero-order valence-electron chi connectivity index (χ0n) is 16.4. The topological polar surface area (TPSA) is 80.2 Å². The van der Waals surface area contributed by atoms with Crippen LogP contribution in [0.25, 0.3) is 0 Å². The summed E-state index contributed by atoms with van der Waals surface area (Å²) >= 11 is 0. The van der Waals surface area contributed by atoms with Gasteiger partial charge in [0.25, 0.3) is 5.91 Å². The fraction of sp³-hybridized carbons (Fsp3) is 0.318. The van der Waals surface area contributed by atoms with Crippen LogP contribution in [0.15, 0.2) is 59.4 Å². The maximum absolute atomic E-state index is 12.7. The van der Waals surface area contributed by atoms with Gasteiger partial charge in [0.1, 0.15) is 11.6 Å². The molecule has 1 fully saturated rings. The Balaban J connectivity index is 1.38. The van der Waals surface area contributed by atoms with Crippen molar-refractivity contribution in [2.75, 3.05) is 20.2 Å². The Morgan fingerprint density at radius 3 is 2.45 bits per heavy atom. The number of H-pyrrole nitrogens is 1. The summed E-state index contributed by atoms with van der Waals surface area (Å²) in [5, 5.41) is 4.51. The molecule has 1 aliphatic heterocycles. The van der Waals surface area contributed by atoms with Gasteiger partial charge in [-0.05, 0) is 42.7 Å². The minimum atomic E-state index is -0.194. The van der Waals surface area contributed by atoms with Crippen molar-refractivity contribution in [3.63, 3.8) is 0 Å². The van der Waals surface area contributed by atoms with Crippen LogP contribution < -0.4 is 10.4 Å². The molecule has 4 rings (SSSR count). The summed E-state index contributed by atoms with van der Waals surface area (Å²) in [6.07, 6.45) is 1.56. The standard InChI is InChI=1S/C22H24N4O3/c1-29-19-9-7-18(8-10-19)21(27)25-13-11-17(12-14-25)20-23-22(28)26(24-20)15-16-5-3-2-4-6-16/h2-10,17H,11-15H2,1H3,(H,23,24,28). The van der Waals surface area contributed by atoms with Crippen molar-refractivity contribution >= 4 is 5.91 Å². The Kier molecular flexibility index (Phi) is 5.46. The van der Waals surface area contributed by atoms with Crippen molar-refractivity contribution in [1.82, 2.24) is 19.7 Å². The zero-order valence-corrected chi connectivity index (χ0v) is 16.4. The highest BCUT2D eigenvalue weighted by atomic mass is 16.5. The number of carbonyl (C=O) groups is 1. The lowest BCUT2D eigenvalue weighted by molar-refractivity contribution is 0.0711. The van der Waals surface area contributed by atoms with E-state index in [1.165, 1.54) is 4.68 Å². The van der Waals surface area contributed by atoms with Crippen LogP contribution in [-0.2, 0) is 6.54 Å². The van der Waals surface area contributed by atoms with Crippen LogP contribution in [0.2, 0.25) is 0 Å². The second-order valence-electron chi connectivity index (χ2n) is 7.25. The molecule has 0 unspecified atom stereocenters. The molecule has 29 heavy (non-hydrogen) atoms. The molecule has 2 heterocycles. The summed E-state index contributed by atoms with van der Waals surface area (Å²) in [7, 11) is 1.60. The second kappa shape index (κ2) is 8.34. The lowest BCUT2D eigenvalue weighted by Crippen LogP contribution is -2.38. The number of nitrogens with zero attached hydrogens (tertiary/aromatic N) is 3. The molecule has 0 spiro atoms. The Morgan fingerprint density at radius 1 is 1.10 bits per heavy atom. The number of aromatic nitrogens is 3. The number of ether oxygens (including phenoxy) is 1. The van der Waals surface area contributed by atoms with Gasteiger partial charge in [-0.1, -0.05) is 30.3 Å². The van der Waals surface area contributed by atoms with Crippen LogP contribution in [0.5, 0.6) is 5.75 Å². The molecule has 1 aromatic heterocycles. The molecule has 0 radical (unpaired) electrons. The van der Waals surface area contributed by atoms with Crippen LogP contribution in [0, 0.1) is 0 Å². The summed E-state index contributed by atoms with van der Waals surface area (Å²) in [6.45, 7) is 1.73. The largest absolute Gasteiger partial charge is 0.497 e. The van der Waals surface area contributed by atoms with E-state index in [-0.39, 0.29) is 17.5 Å². The van der Waals surface area contributed by atoms with Crippen LogP contribution >= 0.6 is 0 Å². The lowest BCUT2D eigenvalue weighted by atomic mass is 9.95. The summed E-state index contributed by atoms with van der Waals surface area (Å²) in [5.74, 6) is 1.62. The van der Waals surface area contributed by atoms with E-state index in [2.05, 4.69) is 10.1 Å². The first-order valence-corrected chi connectivity index (χ1v) is 9.78. The Hall–Kier alpha value is -3.35. The number of benzene rings is 2. The summed E-state index contributed by atoms with van der Waals surface area (Å²) < 4.78 is 6.62. The predicted molar refractivity (Wildman–Crippen MR) is 109 cm³/mol. The third-order valence-corrected chi connectivity index (χ3v) is 5.38. The highest BCUT2D eigenvalue weighted by Crippen LogP contribution is 2.26. The first-order valence-electron chi connectivity index (χ1n) is 9.78. The van der Waals surface area contributed by atoms with E-state index >= 15 is 0 Å². The molecule has 3 aromatic rings. The van der Waals surface area contributed by atoms with E-state index in [4.69, 9.17) is 4.74 Å². The third-order valence-electron chi connectivity index (χ3n) is 5.38. The van der Waals surface area contributed by atoms with Gasteiger partial charge in [0.2, 0.25) is 0 Å². The van der Waals surface area contributed by atoms with Crippen molar-refractivity contribution in [1.29, 1.82) is 0 Å². The molecule has 2 aromatic carbocycles. The van der Waals surface area contributed by atoms with Gasteiger partial charge in [0.15, 0.2) is 0 Å². The molecule has 1 saturated heterocycles. The van der Waals surface area contributed by atoms with Gasteiger partial charge in [-0.3, -0.25) is 9.78 Å². The van der Waals surface area contributed by atoms with Crippen LogP contribution in [0.4, 0.5) is 0 Å². The maximum atomic E-state index is 12.7. The fourth-order valence-electron chi connectivity index (χ4n) is 3.69. The monoisotopic (exact) mass is 392 g/mol. The average Bonchev–Trinajstić information content (AvgIpc) is 3.14. The molecule has 150 valence electrons. The maximum Gasteiger partial charge on any atom is 0.343 e. The first kappa shape index (κ1) is 19.0. The molecule has 0 bridgehead atoms. The molecule has 1 amide bonds. The number of aromatic amines is 1. The number of hydrogen-bond acceptors (Lipinski definition) is 4. The molecule has 0 atom stereocenters. The van der Waals surface area contributed by atoms with E-state index in [0.717, 1.165) is 24.2 Å². The Labute approximate surface area is 168 Å². The molecule has 1 aliphatic rings. The van der Waals surface area contributed by atoms with Gasteiger partial charge in [-0.15, -0.1) is 0 Å². The lowest BCUT2D eigenvalue weighted by Gasteiger charge is -2.31. The van der Waals surface area contributed by atoms with E-state index in [0.29, 0.717) is 31.0 Å². The normalized spacial score (nSPS) is 14.7. The van der Waals surface area contributed by atoms with Crippen LogP contribution in [0.1, 0.15) is 40.5 Å². The van der Waals surface area contributed by atoms with Crippen molar-refractivity contribution in [3.8, 4) is 5.75 Å². The molecular weight excluding hydrogens is 368 g/mol. The quantitative estimate of drug-likeness (QED) is 0.724. The minimum Gasteiger partial charge on any atom is -0.497 e. The van der Waals surface area contributed by atoms with Crippen LogP contribution in [0.3, 0.4) is 0 Å². The number of hydrogen-bond donors (Lipinski definition) is 1. The van der Waals surface area contributed by atoms with Gasteiger partial charge >= 0.3 is 5.69 Å². The van der Waals surface area contributed by atoms with Crippen molar-refractivity contribution in [2.45, 2.75) is 25.3 Å². The Bertz CT molecular complexity index is 1020. The number of rotatable bonds is 5. The predicted octanol–water partition coefficient (Wildman–Crippen LogP) is 2.65. The number of piperidine rings is 1. The Morgan fingerprint density at radius 2 is 1.79 bits per heavy atom. The highest BCUT2D eigenvalue weighted by Gasteiger charge is 2.27. The number of methoxy groups -OCH3 is 1. The first-order chi connectivity index (χ1) is 14.1. The van der Waals surface area contributed by atoms with Crippen molar-refractivity contribution < 1.29 is 9.53 Å². The van der Waals surface area contributed by atoms with E-state index in [9.17, 15) is 9.59 Å². The van der Waals surface area contributed by atoms with E-state index in [1.807, 2.05) is 35.2 Å². The summed E-state index contributed by atoms with van der Waals surface area (Å²) in [5.41, 5.74) is 1.50. The number of carbonyl (C=O) groups excluding carboxylic acids is 1. The average molecular weight is 392 g/mol. The fourth-order valence-corrected chi connectivity index (χ4v) is 3.69. The smallest absolute Gasteiger partial charge is 0.343 e. The van der Waals surface area contributed by atoms with E-state index in [1.54, 1.807) is 31.4 Å². The zero-order chi connectivity index (χ0) is 20.2. The highest BCUT2D eigenvalue weighted by molar-refractivity contribution is 5.94. The second-order valence-corrected chi connectivity index (χ2v) is 7.25. The van der Waals surface area contributed by atoms with Crippen molar-refractivity contribution in [3.05, 3.63) is 82.0 Å². The molecule has 0 aliphatic carbocycles. The molecule has 7 heteroatoms. The summed E-state index contributed by atoms with van der Waals surface area (Å²) in [4.78, 5) is 29.7. The molecule has 1 N–H and O–H groups in total. The van der Waals surface area contributed by atoms with E-state index < -0.39 is 0 Å². The van der Waals surface area contributed by atoms with Gasteiger partial charge in [0.05, 0.1) is 13.7 Å². The summed E-state index contributed by atoms with van der Waals surface area (Å²) in [6, 6.07) is 17.0. The van der Waals surface area contributed by atoms with Crippen LogP contribution in [-0.4, -0.2) is 45.8 Å².